The van der Waals surface area contributed by atoms with Crippen molar-refractivity contribution in [2.24, 2.45) is 7.05 Å². The van der Waals surface area contributed by atoms with Crippen LogP contribution in [0.1, 0.15) is 29.0 Å². The smallest absolute Gasteiger partial charge is 0.269 e. The Morgan fingerprint density at radius 1 is 1.36 bits per heavy atom. The molecule has 3 aromatic heterocycles. The first kappa shape index (κ1) is 13.9. The van der Waals surface area contributed by atoms with Crippen LogP contribution in [-0.4, -0.2) is 19.3 Å². The Morgan fingerprint density at radius 3 is 2.86 bits per heavy atom. The summed E-state index contributed by atoms with van der Waals surface area (Å²) in [6.07, 6.45) is 4.40. The first-order valence-electron chi connectivity index (χ1n) is 7.37. The quantitative estimate of drug-likeness (QED) is 0.697. The zero-order chi connectivity index (χ0) is 15.4. The summed E-state index contributed by atoms with van der Waals surface area (Å²) in [5.74, 6) is 0.587. The second-order valence-electron chi connectivity index (χ2n) is 5.75. The van der Waals surface area contributed by atoms with Gasteiger partial charge in [0.15, 0.2) is 10.6 Å². The molecule has 4 rings (SSSR count). The third-order valence-corrected chi connectivity index (χ3v) is 5.83. The maximum atomic E-state index is 13.0. The standard InChI is InChI=1S/C15H16N4OS2/c1-8-7-11(17-18(8)2)19-14(20)12-9-5-3-4-6-10(9)22-13(12)16-15(19)21/h7H,3-6H2,1-2H3,(H,16,21). The average molecular weight is 332 g/mol. The molecule has 0 atom stereocenters. The normalized spacial score (nSPS) is 14.5. The summed E-state index contributed by atoms with van der Waals surface area (Å²) in [6, 6.07) is 1.88. The maximum absolute atomic E-state index is 13.0. The van der Waals surface area contributed by atoms with Gasteiger partial charge in [-0.25, -0.2) is 4.57 Å². The molecule has 22 heavy (non-hydrogen) atoms. The number of aromatic amines is 1. The van der Waals surface area contributed by atoms with Crippen molar-refractivity contribution < 1.29 is 0 Å². The number of hydrogen-bond donors (Lipinski definition) is 1. The predicted octanol–water partition coefficient (Wildman–Crippen LogP) is 3.03. The summed E-state index contributed by atoms with van der Waals surface area (Å²) in [5.41, 5.74) is 2.16. The van der Waals surface area contributed by atoms with Gasteiger partial charge in [0.2, 0.25) is 0 Å². The van der Waals surface area contributed by atoms with Crippen LogP contribution in [0.15, 0.2) is 10.9 Å². The van der Waals surface area contributed by atoms with Gasteiger partial charge in [-0.3, -0.25) is 9.48 Å². The van der Waals surface area contributed by atoms with E-state index in [2.05, 4.69) is 10.1 Å². The minimum absolute atomic E-state index is 0.0451. The highest BCUT2D eigenvalue weighted by molar-refractivity contribution is 7.71. The third kappa shape index (κ3) is 1.92. The number of rotatable bonds is 1. The highest BCUT2D eigenvalue weighted by Gasteiger charge is 2.21. The molecular formula is C15H16N4OS2. The summed E-state index contributed by atoms with van der Waals surface area (Å²) in [5, 5.41) is 5.20. The van der Waals surface area contributed by atoms with Gasteiger partial charge in [0.25, 0.3) is 5.56 Å². The fourth-order valence-electron chi connectivity index (χ4n) is 3.10. The van der Waals surface area contributed by atoms with Gasteiger partial charge in [-0.15, -0.1) is 11.3 Å². The van der Waals surface area contributed by atoms with Crippen molar-refractivity contribution in [3.05, 3.63) is 37.3 Å². The van der Waals surface area contributed by atoms with E-state index in [0.29, 0.717) is 10.6 Å². The van der Waals surface area contributed by atoms with Crippen molar-refractivity contribution in [2.75, 3.05) is 0 Å². The van der Waals surface area contributed by atoms with E-state index in [4.69, 9.17) is 12.2 Å². The van der Waals surface area contributed by atoms with Gasteiger partial charge in [-0.2, -0.15) is 5.10 Å². The third-order valence-electron chi connectivity index (χ3n) is 4.34. The van der Waals surface area contributed by atoms with Crippen molar-refractivity contribution in [3.8, 4) is 5.82 Å². The van der Waals surface area contributed by atoms with Crippen molar-refractivity contribution in [1.82, 2.24) is 19.3 Å². The lowest BCUT2D eigenvalue weighted by Crippen LogP contribution is -2.21. The lowest BCUT2D eigenvalue weighted by atomic mass is 9.97. The van der Waals surface area contributed by atoms with E-state index in [9.17, 15) is 4.79 Å². The number of aryl methyl sites for hydroxylation is 4. The van der Waals surface area contributed by atoms with E-state index in [1.807, 2.05) is 20.0 Å². The van der Waals surface area contributed by atoms with Crippen LogP contribution in [0.5, 0.6) is 0 Å². The Balaban J connectivity index is 2.08. The molecule has 0 saturated carbocycles. The van der Waals surface area contributed by atoms with Crippen LogP contribution in [0.2, 0.25) is 0 Å². The Kier molecular flexibility index (Phi) is 3.09. The fourth-order valence-corrected chi connectivity index (χ4v) is 4.72. The molecule has 5 nitrogen and oxygen atoms in total. The number of aromatic nitrogens is 4. The lowest BCUT2D eigenvalue weighted by Gasteiger charge is -2.10. The highest BCUT2D eigenvalue weighted by Crippen LogP contribution is 2.33. The summed E-state index contributed by atoms with van der Waals surface area (Å²) < 4.78 is 3.69. The molecular weight excluding hydrogens is 316 g/mol. The summed E-state index contributed by atoms with van der Waals surface area (Å²) >= 11 is 7.09. The molecule has 0 amide bonds. The van der Waals surface area contributed by atoms with E-state index in [-0.39, 0.29) is 5.56 Å². The number of H-pyrrole nitrogens is 1. The molecule has 114 valence electrons. The van der Waals surface area contributed by atoms with Crippen LogP contribution < -0.4 is 5.56 Å². The second kappa shape index (κ2) is 4.89. The van der Waals surface area contributed by atoms with Crippen LogP contribution in [0.25, 0.3) is 16.0 Å². The Morgan fingerprint density at radius 2 is 2.14 bits per heavy atom. The van der Waals surface area contributed by atoms with Gasteiger partial charge in [0.05, 0.1) is 5.39 Å². The van der Waals surface area contributed by atoms with Crippen molar-refractivity contribution in [3.63, 3.8) is 0 Å². The van der Waals surface area contributed by atoms with Gasteiger partial charge in [-0.05, 0) is 50.4 Å². The molecule has 0 saturated heterocycles. The zero-order valence-corrected chi connectivity index (χ0v) is 14.1. The minimum atomic E-state index is -0.0451. The summed E-state index contributed by atoms with van der Waals surface area (Å²) in [7, 11) is 1.86. The van der Waals surface area contributed by atoms with Gasteiger partial charge in [0.1, 0.15) is 4.83 Å². The predicted molar refractivity (Wildman–Crippen MR) is 90.8 cm³/mol. The molecule has 0 bridgehead atoms. The Hall–Kier alpha value is -1.73. The van der Waals surface area contributed by atoms with Crippen molar-refractivity contribution >= 4 is 33.8 Å². The largest absolute Gasteiger partial charge is 0.323 e. The van der Waals surface area contributed by atoms with E-state index in [1.54, 1.807) is 16.0 Å². The molecule has 3 heterocycles. The van der Waals surface area contributed by atoms with E-state index in [0.717, 1.165) is 35.2 Å². The SMILES string of the molecule is Cc1cc(-n2c(=S)[nH]c3sc4c(c3c2=O)CCCC4)nn1C. The number of thiophene rings is 1. The maximum Gasteiger partial charge on any atom is 0.269 e. The lowest BCUT2D eigenvalue weighted by molar-refractivity contribution is 0.699. The molecule has 1 N–H and O–H groups in total. The monoisotopic (exact) mass is 332 g/mol. The molecule has 7 heteroatoms. The topological polar surface area (TPSA) is 55.6 Å². The molecule has 0 aliphatic heterocycles. The van der Waals surface area contributed by atoms with Crippen LogP contribution >= 0.6 is 23.6 Å². The first-order chi connectivity index (χ1) is 10.6. The average Bonchev–Trinajstić information content (AvgIpc) is 2.99. The number of hydrogen-bond acceptors (Lipinski definition) is 4. The highest BCUT2D eigenvalue weighted by atomic mass is 32.1. The summed E-state index contributed by atoms with van der Waals surface area (Å²) in [6.45, 7) is 1.96. The van der Waals surface area contributed by atoms with Gasteiger partial charge in [-0.1, -0.05) is 0 Å². The molecule has 0 spiro atoms. The van der Waals surface area contributed by atoms with Crippen LogP contribution in [0.4, 0.5) is 0 Å². The Bertz CT molecular complexity index is 986. The first-order valence-corrected chi connectivity index (χ1v) is 8.59. The number of nitrogens with one attached hydrogen (secondary N) is 1. The summed E-state index contributed by atoms with van der Waals surface area (Å²) in [4.78, 5) is 18.5. The van der Waals surface area contributed by atoms with E-state index < -0.39 is 0 Å². The van der Waals surface area contributed by atoms with Gasteiger partial charge in [0, 0.05) is 23.7 Å². The van der Waals surface area contributed by atoms with Crippen LogP contribution in [0.3, 0.4) is 0 Å². The second-order valence-corrected chi connectivity index (χ2v) is 7.25. The molecule has 0 unspecified atom stereocenters. The zero-order valence-electron chi connectivity index (χ0n) is 12.5. The minimum Gasteiger partial charge on any atom is -0.323 e. The molecule has 0 radical (unpaired) electrons. The fraction of sp³-hybridized carbons (Fsp3) is 0.400. The molecule has 1 aliphatic carbocycles. The van der Waals surface area contributed by atoms with Crippen molar-refractivity contribution in [1.29, 1.82) is 0 Å². The molecule has 0 aromatic carbocycles. The number of fused-ring (bicyclic) bond motifs is 3. The Labute approximate surface area is 136 Å². The van der Waals surface area contributed by atoms with Crippen LogP contribution in [-0.2, 0) is 19.9 Å². The molecule has 1 aliphatic rings. The van der Waals surface area contributed by atoms with E-state index in [1.165, 1.54) is 21.4 Å². The van der Waals surface area contributed by atoms with Gasteiger partial charge >= 0.3 is 0 Å². The molecule has 0 fully saturated rings. The number of nitrogens with zero attached hydrogens (tertiary/aromatic N) is 3. The molecule has 3 aromatic rings. The van der Waals surface area contributed by atoms with Gasteiger partial charge < -0.3 is 4.98 Å². The van der Waals surface area contributed by atoms with Crippen molar-refractivity contribution in [2.45, 2.75) is 32.6 Å². The van der Waals surface area contributed by atoms with E-state index >= 15 is 0 Å². The van der Waals surface area contributed by atoms with Crippen LogP contribution in [0, 0.1) is 11.7 Å².